The Kier molecular flexibility index (Phi) is 6.79. The lowest BCUT2D eigenvalue weighted by Crippen LogP contribution is -2.38. The van der Waals surface area contributed by atoms with Crippen molar-refractivity contribution in [3.8, 4) is 5.69 Å². The summed E-state index contributed by atoms with van der Waals surface area (Å²) in [6, 6.07) is 18.7. The largest absolute Gasteiger partial charge is 0.449 e. The van der Waals surface area contributed by atoms with E-state index in [0.717, 1.165) is 12.1 Å². The van der Waals surface area contributed by atoms with Crippen LogP contribution >= 0.6 is 0 Å². The van der Waals surface area contributed by atoms with E-state index in [0.29, 0.717) is 12.1 Å². The van der Waals surface area contributed by atoms with Crippen LogP contribution in [0, 0.1) is 0 Å². The van der Waals surface area contributed by atoms with E-state index in [1.807, 2.05) is 30.5 Å². The molecule has 3 rings (SSSR count). The zero-order chi connectivity index (χ0) is 20.6. The van der Waals surface area contributed by atoms with Crippen LogP contribution in [0.1, 0.15) is 42.1 Å². The number of benzene rings is 2. The third kappa shape index (κ3) is 5.31. The van der Waals surface area contributed by atoms with Gasteiger partial charge in [0.15, 0.2) is 6.10 Å². The zero-order valence-corrected chi connectivity index (χ0v) is 16.6. The molecular weight excluding hydrogens is 366 g/mol. The molecule has 0 saturated carbocycles. The van der Waals surface area contributed by atoms with Crippen molar-refractivity contribution < 1.29 is 14.3 Å². The van der Waals surface area contributed by atoms with Gasteiger partial charge in [-0.1, -0.05) is 37.3 Å². The van der Waals surface area contributed by atoms with Crippen molar-refractivity contribution in [1.29, 1.82) is 0 Å². The Bertz CT molecular complexity index is 922. The highest BCUT2D eigenvalue weighted by molar-refractivity contribution is 5.92. The van der Waals surface area contributed by atoms with E-state index in [9.17, 15) is 9.59 Å². The maximum atomic E-state index is 12.4. The number of carbonyl (C=O) groups is 2. The Morgan fingerprint density at radius 2 is 1.79 bits per heavy atom. The second kappa shape index (κ2) is 9.68. The molecular formula is C23H25N3O3. The van der Waals surface area contributed by atoms with Crippen molar-refractivity contribution in [3.05, 3.63) is 84.2 Å². The van der Waals surface area contributed by atoms with Gasteiger partial charge in [0.25, 0.3) is 5.91 Å². The summed E-state index contributed by atoms with van der Waals surface area (Å²) in [5.74, 6) is -0.617. The SMILES string of the molecule is CC[C@H](CNC(=O)[C@@H](C)OC(=O)c1ccc(-n2cccn2)cc1)c1ccccc1. The lowest BCUT2D eigenvalue weighted by molar-refractivity contribution is -0.129. The zero-order valence-electron chi connectivity index (χ0n) is 16.6. The second-order valence-corrected chi connectivity index (χ2v) is 6.81. The number of ether oxygens (including phenoxy) is 1. The lowest BCUT2D eigenvalue weighted by Gasteiger charge is -2.18. The summed E-state index contributed by atoms with van der Waals surface area (Å²) in [5, 5.41) is 7.03. The fourth-order valence-electron chi connectivity index (χ4n) is 3.04. The van der Waals surface area contributed by atoms with Gasteiger partial charge in [0.2, 0.25) is 0 Å². The molecule has 0 aliphatic carbocycles. The summed E-state index contributed by atoms with van der Waals surface area (Å²) in [6.45, 7) is 4.16. The molecule has 29 heavy (non-hydrogen) atoms. The minimum absolute atomic E-state index is 0.220. The van der Waals surface area contributed by atoms with Gasteiger partial charge in [-0.3, -0.25) is 4.79 Å². The van der Waals surface area contributed by atoms with Gasteiger partial charge in [-0.25, -0.2) is 9.48 Å². The van der Waals surface area contributed by atoms with Crippen LogP contribution in [-0.4, -0.2) is 34.3 Å². The molecule has 1 amide bonds. The molecule has 1 aromatic heterocycles. The predicted molar refractivity (Wildman–Crippen MR) is 111 cm³/mol. The molecule has 0 unspecified atom stereocenters. The number of aromatic nitrogens is 2. The molecule has 6 heteroatoms. The molecule has 0 spiro atoms. The van der Waals surface area contributed by atoms with Crippen molar-refractivity contribution in [1.82, 2.24) is 15.1 Å². The third-order valence-electron chi connectivity index (χ3n) is 4.81. The summed E-state index contributed by atoms with van der Waals surface area (Å²) in [4.78, 5) is 24.7. The van der Waals surface area contributed by atoms with Crippen LogP contribution in [0.4, 0.5) is 0 Å². The minimum Gasteiger partial charge on any atom is -0.449 e. The first kappa shape index (κ1) is 20.3. The van der Waals surface area contributed by atoms with E-state index in [1.54, 1.807) is 42.1 Å². The van der Waals surface area contributed by atoms with Gasteiger partial charge in [0.05, 0.1) is 11.3 Å². The average molecular weight is 391 g/mol. The molecule has 150 valence electrons. The molecule has 3 aromatic rings. The molecule has 0 saturated heterocycles. The van der Waals surface area contributed by atoms with E-state index in [2.05, 4.69) is 29.5 Å². The smallest absolute Gasteiger partial charge is 0.338 e. The molecule has 0 aliphatic rings. The fraction of sp³-hybridized carbons (Fsp3) is 0.261. The van der Waals surface area contributed by atoms with Crippen LogP contribution in [0.3, 0.4) is 0 Å². The van der Waals surface area contributed by atoms with Crippen LogP contribution in [0.2, 0.25) is 0 Å². The molecule has 2 atom stereocenters. The normalized spacial score (nSPS) is 12.8. The van der Waals surface area contributed by atoms with Crippen molar-refractivity contribution in [2.75, 3.05) is 6.54 Å². The average Bonchev–Trinajstić information content (AvgIpc) is 3.30. The van der Waals surface area contributed by atoms with Crippen molar-refractivity contribution >= 4 is 11.9 Å². The highest BCUT2D eigenvalue weighted by Crippen LogP contribution is 2.18. The van der Waals surface area contributed by atoms with Gasteiger partial charge in [-0.2, -0.15) is 5.10 Å². The van der Waals surface area contributed by atoms with Crippen molar-refractivity contribution in [2.24, 2.45) is 0 Å². The number of nitrogens with zero attached hydrogens (tertiary/aromatic N) is 2. The summed E-state index contributed by atoms with van der Waals surface area (Å²) in [5.41, 5.74) is 2.40. The van der Waals surface area contributed by atoms with E-state index in [4.69, 9.17) is 4.74 Å². The summed E-state index contributed by atoms with van der Waals surface area (Å²) >= 11 is 0. The lowest BCUT2D eigenvalue weighted by atomic mass is 9.96. The van der Waals surface area contributed by atoms with Crippen LogP contribution in [0.5, 0.6) is 0 Å². The molecule has 0 aliphatic heterocycles. The van der Waals surface area contributed by atoms with Gasteiger partial charge in [0, 0.05) is 24.9 Å². The van der Waals surface area contributed by atoms with Gasteiger partial charge < -0.3 is 10.1 Å². The fourth-order valence-corrected chi connectivity index (χ4v) is 3.04. The maximum absolute atomic E-state index is 12.4. The summed E-state index contributed by atoms with van der Waals surface area (Å²) in [6.07, 6.45) is 3.53. The second-order valence-electron chi connectivity index (χ2n) is 6.81. The molecule has 1 N–H and O–H groups in total. The summed E-state index contributed by atoms with van der Waals surface area (Å²) < 4.78 is 7.02. The Morgan fingerprint density at radius 3 is 2.41 bits per heavy atom. The first-order valence-corrected chi connectivity index (χ1v) is 9.72. The monoisotopic (exact) mass is 391 g/mol. The van der Waals surface area contributed by atoms with Gasteiger partial charge >= 0.3 is 5.97 Å². The molecule has 0 radical (unpaired) electrons. The van der Waals surface area contributed by atoms with E-state index < -0.39 is 12.1 Å². The van der Waals surface area contributed by atoms with Crippen LogP contribution in [-0.2, 0) is 9.53 Å². The van der Waals surface area contributed by atoms with E-state index >= 15 is 0 Å². The van der Waals surface area contributed by atoms with Crippen LogP contribution in [0.25, 0.3) is 5.69 Å². The Labute approximate surface area is 170 Å². The Balaban J connectivity index is 1.53. The Hall–Kier alpha value is -3.41. The van der Waals surface area contributed by atoms with Gasteiger partial charge in [-0.05, 0) is 49.2 Å². The minimum atomic E-state index is -0.874. The highest BCUT2D eigenvalue weighted by atomic mass is 16.5. The van der Waals surface area contributed by atoms with Crippen LogP contribution in [0.15, 0.2) is 73.1 Å². The molecule has 0 bridgehead atoms. The van der Waals surface area contributed by atoms with Crippen LogP contribution < -0.4 is 5.32 Å². The first-order valence-electron chi connectivity index (χ1n) is 9.72. The number of rotatable bonds is 8. The number of esters is 1. The predicted octanol–water partition coefficient (Wildman–Crippen LogP) is 3.73. The molecule has 1 heterocycles. The molecule has 0 fully saturated rings. The van der Waals surface area contributed by atoms with Gasteiger partial charge in [-0.15, -0.1) is 0 Å². The summed E-state index contributed by atoms with van der Waals surface area (Å²) in [7, 11) is 0. The molecule has 2 aromatic carbocycles. The Morgan fingerprint density at radius 1 is 1.07 bits per heavy atom. The quantitative estimate of drug-likeness (QED) is 0.594. The van der Waals surface area contributed by atoms with Crippen molar-refractivity contribution in [2.45, 2.75) is 32.3 Å². The molecule has 6 nitrogen and oxygen atoms in total. The standard InChI is InChI=1S/C23H25N3O3/c1-3-18(19-8-5-4-6-9-19)16-24-22(27)17(2)29-23(28)20-10-12-21(13-11-20)26-15-7-14-25-26/h4-15,17-18H,3,16H2,1-2H3,(H,24,27)/t17-,18-/m1/s1. The first-order chi connectivity index (χ1) is 14.1. The number of carbonyl (C=O) groups excluding carboxylic acids is 2. The topological polar surface area (TPSA) is 73.2 Å². The maximum Gasteiger partial charge on any atom is 0.338 e. The highest BCUT2D eigenvalue weighted by Gasteiger charge is 2.20. The number of hydrogen-bond acceptors (Lipinski definition) is 4. The van der Waals surface area contributed by atoms with E-state index in [-0.39, 0.29) is 11.8 Å². The number of hydrogen-bond donors (Lipinski definition) is 1. The number of nitrogens with one attached hydrogen (secondary N) is 1. The van der Waals surface area contributed by atoms with E-state index in [1.165, 1.54) is 5.56 Å². The number of amides is 1. The third-order valence-corrected chi connectivity index (χ3v) is 4.81. The van der Waals surface area contributed by atoms with Crippen molar-refractivity contribution in [3.63, 3.8) is 0 Å². The van der Waals surface area contributed by atoms with Gasteiger partial charge in [0.1, 0.15) is 0 Å².